The summed E-state index contributed by atoms with van der Waals surface area (Å²) in [5, 5.41) is 16.5. The highest BCUT2D eigenvalue weighted by Gasteiger charge is 2.26. The highest BCUT2D eigenvalue weighted by molar-refractivity contribution is 6.32. The molecule has 1 aromatic carbocycles. The van der Waals surface area contributed by atoms with Crippen LogP contribution in [-0.2, 0) is 13.0 Å². The topological polar surface area (TPSA) is 74.0 Å². The number of amides is 2. The van der Waals surface area contributed by atoms with E-state index in [9.17, 15) is 4.79 Å². The molecule has 0 saturated carbocycles. The Labute approximate surface area is 139 Å². The smallest absolute Gasteiger partial charge is 0.294 e. The SMILES string of the molecule is Cc1cc(NC(=O)N2CCc3c(Cl)cccc32)nn1CCC#N. The minimum absolute atomic E-state index is 0.226. The van der Waals surface area contributed by atoms with E-state index < -0.39 is 0 Å². The van der Waals surface area contributed by atoms with Crippen molar-refractivity contribution in [3.05, 3.63) is 40.5 Å². The number of rotatable bonds is 3. The normalized spacial score (nSPS) is 12.8. The highest BCUT2D eigenvalue weighted by Crippen LogP contribution is 2.33. The predicted octanol–water partition coefficient (Wildman–Crippen LogP) is 3.35. The summed E-state index contributed by atoms with van der Waals surface area (Å²) < 4.78 is 1.72. The Morgan fingerprint density at radius 2 is 2.35 bits per heavy atom. The lowest BCUT2D eigenvalue weighted by molar-refractivity contribution is 0.257. The van der Waals surface area contributed by atoms with E-state index in [1.54, 1.807) is 15.6 Å². The van der Waals surface area contributed by atoms with Crippen LogP contribution < -0.4 is 10.2 Å². The summed E-state index contributed by atoms with van der Waals surface area (Å²) in [6.45, 7) is 3.00. The number of hydrogen-bond donors (Lipinski definition) is 1. The maximum Gasteiger partial charge on any atom is 0.327 e. The zero-order chi connectivity index (χ0) is 16.4. The molecule has 7 heteroatoms. The monoisotopic (exact) mass is 329 g/mol. The number of hydrogen-bond acceptors (Lipinski definition) is 3. The van der Waals surface area contributed by atoms with E-state index in [4.69, 9.17) is 16.9 Å². The minimum Gasteiger partial charge on any atom is -0.294 e. The van der Waals surface area contributed by atoms with Crippen LogP contribution in [0.25, 0.3) is 0 Å². The summed E-state index contributed by atoms with van der Waals surface area (Å²) in [6.07, 6.45) is 1.13. The number of nitriles is 1. The van der Waals surface area contributed by atoms with E-state index in [0.29, 0.717) is 30.4 Å². The van der Waals surface area contributed by atoms with E-state index in [1.165, 1.54) is 0 Å². The summed E-state index contributed by atoms with van der Waals surface area (Å²) in [7, 11) is 0. The summed E-state index contributed by atoms with van der Waals surface area (Å²) in [5.41, 5.74) is 2.75. The Hall–Kier alpha value is -2.52. The molecular formula is C16H16ClN5O. The second-order valence-electron chi connectivity index (χ2n) is 5.37. The van der Waals surface area contributed by atoms with Crippen molar-refractivity contribution < 1.29 is 4.79 Å². The van der Waals surface area contributed by atoms with Gasteiger partial charge < -0.3 is 0 Å². The second kappa shape index (κ2) is 6.31. The maximum atomic E-state index is 12.5. The largest absolute Gasteiger partial charge is 0.327 e. The number of benzene rings is 1. The van der Waals surface area contributed by atoms with Crippen molar-refractivity contribution in [1.29, 1.82) is 5.26 Å². The lowest BCUT2D eigenvalue weighted by atomic mass is 10.2. The number of anilines is 2. The van der Waals surface area contributed by atoms with Gasteiger partial charge in [-0.25, -0.2) is 4.79 Å². The molecule has 1 aromatic heterocycles. The molecule has 0 radical (unpaired) electrons. The first kappa shape index (κ1) is 15.4. The van der Waals surface area contributed by atoms with Gasteiger partial charge in [0.25, 0.3) is 0 Å². The van der Waals surface area contributed by atoms with Crippen LogP contribution in [0.2, 0.25) is 5.02 Å². The number of aromatic nitrogens is 2. The standard InChI is InChI=1S/C16H16ClN5O/c1-11-10-15(20-22(11)8-3-7-18)19-16(23)21-9-6-12-13(17)4-2-5-14(12)21/h2,4-5,10H,3,6,8-9H2,1H3,(H,19,20,23). The van der Waals surface area contributed by atoms with Crippen LogP contribution >= 0.6 is 11.6 Å². The van der Waals surface area contributed by atoms with E-state index >= 15 is 0 Å². The summed E-state index contributed by atoms with van der Waals surface area (Å²) >= 11 is 6.17. The molecule has 0 atom stereocenters. The Kier molecular flexibility index (Phi) is 4.22. The van der Waals surface area contributed by atoms with E-state index in [0.717, 1.165) is 23.4 Å². The zero-order valence-corrected chi connectivity index (χ0v) is 13.5. The number of carbonyl (C=O) groups is 1. The van der Waals surface area contributed by atoms with Gasteiger partial charge in [-0.05, 0) is 31.0 Å². The third-order valence-electron chi connectivity index (χ3n) is 3.87. The first-order valence-corrected chi connectivity index (χ1v) is 7.75. The van der Waals surface area contributed by atoms with Gasteiger partial charge >= 0.3 is 6.03 Å². The van der Waals surface area contributed by atoms with Gasteiger partial charge in [0.1, 0.15) is 0 Å². The summed E-state index contributed by atoms with van der Waals surface area (Å²) in [5.74, 6) is 0.487. The fourth-order valence-electron chi connectivity index (χ4n) is 2.73. The number of carbonyl (C=O) groups excluding carboxylic acids is 1. The van der Waals surface area contributed by atoms with Gasteiger partial charge in [0.15, 0.2) is 5.82 Å². The number of nitrogens with one attached hydrogen (secondary N) is 1. The lowest BCUT2D eigenvalue weighted by Crippen LogP contribution is -2.33. The number of halogens is 1. The van der Waals surface area contributed by atoms with Gasteiger partial charge in [-0.3, -0.25) is 14.9 Å². The molecule has 1 aliphatic rings. The van der Waals surface area contributed by atoms with E-state index in [2.05, 4.69) is 16.5 Å². The Balaban J connectivity index is 1.74. The van der Waals surface area contributed by atoms with E-state index in [1.807, 2.05) is 25.1 Å². The quantitative estimate of drug-likeness (QED) is 0.938. The van der Waals surface area contributed by atoms with Crippen molar-refractivity contribution in [3.63, 3.8) is 0 Å². The molecule has 0 spiro atoms. The Morgan fingerprint density at radius 1 is 1.52 bits per heavy atom. The second-order valence-corrected chi connectivity index (χ2v) is 5.78. The first-order valence-electron chi connectivity index (χ1n) is 7.37. The molecule has 0 aliphatic carbocycles. The van der Waals surface area contributed by atoms with Crippen LogP contribution in [0.4, 0.5) is 16.3 Å². The van der Waals surface area contributed by atoms with Crippen molar-refractivity contribution in [3.8, 4) is 6.07 Å². The van der Waals surface area contributed by atoms with Gasteiger partial charge in [-0.2, -0.15) is 10.4 Å². The first-order chi connectivity index (χ1) is 11.1. The number of aryl methyl sites for hydroxylation is 2. The van der Waals surface area contributed by atoms with E-state index in [-0.39, 0.29) is 6.03 Å². The van der Waals surface area contributed by atoms with Crippen molar-refractivity contribution >= 4 is 29.1 Å². The van der Waals surface area contributed by atoms with Gasteiger partial charge in [-0.1, -0.05) is 17.7 Å². The van der Waals surface area contributed by atoms with Crippen molar-refractivity contribution in [2.45, 2.75) is 26.3 Å². The van der Waals surface area contributed by atoms with Gasteiger partial charge in [0, 0.05) is 23.3 Å². The Bertz CT molecular complexity index is 792. The summed E-state index contributed by atoms with van der Waals surface area (Å²) in [6, 6.07) is 9.23. The molecule has 0 saturated heterocycles. The van der Waals surface area contributed by atoms with Crippen LogP contribution in [0.15, 0.2) is 24.3 Å². The summed E-state index contributed by atoms with van der Waals surface area (Å²) in [4.78, 5) is 14.2. The van der Waals surface area contributed by atoms with Gasteiger partial charge in [0.2, 0.25) is 0 Å². The maximum absolute atomic E-state index is 12.5. The molecule has 1 N–H and O–H groups in total. The zero-order valence-electron chi connectivity index (χ0n) is 12.7. The van der Waals surface area contributed by atoms with Gasteiger partial charge in [-0.15, -0.1) is 0 Å². The molecule has 2 heterocycles. The molecule has 118 valence electrons. The van der Waals surface area contributed by atoms with Crippen LogP contribution in [0, 0.1) is 18.3 Å². The lowest BCUT2D eigenvalue weighted by Gasteiger charge is -2.17. The van der Waals surface area contributed by atoms with Crippen LogP contribution in [0.1, 0.15) is 17.7 Å². The molecular weight excluding hydrogens is 314 g/mol. The van der Waals surface area contributed by atoms with Gasteiger partial charge in [0.05, 0.1) is 24.7 Å². The predicted molar refractivity (Wildman–Crippen MR) is 88.7 cm³/mol. The number of fused-ring (bicyclic) bond motifs is 1. The van der Waals surface area contributed by atoms with Crippen LogP contribution in [0.5, 0.6) is 0 Å². The molecule has 0 unspecified atom stereocenters. The minimum atomic E-state index is -0.226. The van der Waals surface area contributed by atoms with Crippen LogP contribution in [0.3, 0.4) is 0 Å². The molecule has 23 heavy (non-hydrogen) atoms. The molecule has 0 fully saturated rings. The average molecular weight is 330 g/mol. The Morgan fingerprint density at radius 3 is 3.13 bits per heavy atom. The van der Waals surface area contributed by atoms with Crippen molar-refractivity contribution in [2.24, 2.45) is 0 Å². The average Bonchev–Trinajstić information content (AvgIpc) is 3.10. The third kappa shape index (κ3) is 3.01. The molecule has 1 aliphatic heterocycles. The number of urea groups is 1. The van der Waals surface area contributed by atoms with Crippen molar-refractivity contribution in [1.82, 2.24) is 9.78 Å². The fraction of sp³-hybridized carbons (Fsp3) is 0.312. The fourth-order valence-corrected chi connectivity index (χ4v) is 3.00. The molecule has 0 bridgehead atoms. The molecule has 2 amide bonds. The van der Waals surface area contributed by atoms with Crippen LogP contribution in [-0.4, -0.2) is 22.4 Å². The number of nitrogens with zero attached hydrogens (tertiary/aromatic N) is 4. The molecule has 2 aromatic rings. The highest BCUT2D eigenvalue weighted by atomic mass is 35.5. The van der Waals surface area contributed by atoms with Crippen molar-refractivity contribution in [2.75, 3.05) is 16.8 Å². The molecule has 3 rings (SSSR count). The third-order valence-corrected chi connectivity index (χ3v) is 4.22. The molecule has 6 nitrogen and oxygen atoms in total.